The van der Waals surface area contributed by atoms with Crippen molar-refractivity contribution >= 4 is 6.09 Å². The maximum Gasteiger partial charge on any atom is 0.410 e. The van der Waals surface area contributed by atoms with Crippen LogP contribution in [0.1, 0.15) is 66.2 Å². The van der Waals surface area contributed by atoms with Gasteiger partial charge >= 0.3 is 6.09 Å². The molecule has 2 aliphatic heterocycles. The summed E-state index contributed by atoms with van der Waals surface area (Å²) in [6.07, 6.45) is 6.92. The van der Waals surface area contributed by atoms with E-state index in [4.69, 9.17) is 9.47 Å². The molecule has 0 aromatic rings. The quantitative estimate of drug-likeness (QED) is 0.813. The zero-order valence-corrected chi connectivity index (χ0v) is 15.3. The molecule has 3 unspecified atom stereocenters. The molecule has 2 fully saturated rings. The molecule has 1 N–H and O–H groups in total. The molecule has 2 rings (SSSR count). The van der Waals surface area contributed by atoms with Crippen molar-refractivity contribution in [3.8, 4) is 0 Å². The summed E-state index contributed by atoms with van der Waals surface area (Å²) in [7, 11) is 0. The summed E-state index contributed by atoms with van der Waals surface area (Å²) < 4.78 is 11.2. The number of nitrogens with one attached hydrogen (secondary N) is 1. The standard InChI is InChI=1S/C18H34N2O3/c1-14(19-10-9-16-8-6-12-22-16)13-15-7-5-11-20(15)17(21)23-18(2,3)4/h14-16,19H,5-13H2,1-4H3. The molecular formula is C18H34N2O3. The number of nitrogens with zero attached hydrogens (tertiary/aromatic N) is 1. The predicted molar refractivity (Wildman–Crippen MR) is 91.6 cm³/mol. The Morgan fingerprint density at radius 2 is 2.13 bits per heavy atom. The highest BCUT2D eigenvalue weighted by Crippen LogP contribution is 2.24. The Bertz CT molecular complexity index is 375. The lowest BCUT2D eigenvalue weighted by molar-refractivity contribution is 0.0214. The second-order valence-electron chi connectivity index (χ2n) is 7.98. The summed E-state index contributed by atoms with van der Waals surface area (Å²) in [5.41, 5.74) is -0.421. The molecule has 1 amide bonds. The Balaban J connectivity index is 1.70. The molecule has 0 aromatic heterocycles. The van der Waals surface area contributed by atoms with Crippen molar-refractivity contribution in [3.63, 3.8) is 0 Å². The Labute approximate surface area is 141 Å². The molecule has 0 aromatic carbocycles. The van der Waals surface area contributed by atoms with Crippen molar-refractivity contribution in [1.29, 1.82) is 0 Å². The Morgan fingerprint density at radius 3 is 2.78 bits per heavy atom. The highest BCUT2D eigenvalue weighted by atomic mass is 16.6. The Kier molecular flexibility index (Phi) is 6.72. The zero-order chi connectivity index (χ0) is 16.9. The molecular weight excluding hydrogens is 292 g/mol. The summed E-state index contributed by atoms with van der Waals surface area (Å²) in [4.78, 5) is 14.2. The van der Waals surface area contributed by atoms with E-state index < -0.39 is 5.60 Å². The number of amides is 1. The third-order valence-electron chi connectivity index (χ3n) is 4.61. The van der Waals surface area contributed by atoms with Gasteiger partial charge in [0.15, 0.2) is 0 Å². The van der Waals surface area contributed by atoms with Crippen LogP contribution in [0.5, 0.6) is 0 Å². The minimum Gasteiger partial charge on any atom is -0.444 e. The van der Waals surface area contributed by atoms with Crippen LogP contribution in [0.3, 0.4) is 0 Å². The Morgan fingerprint density at radius 1 is 1.35 bits per heavy atom. The fourth-order valence-corrected chi connectivity index (χ4v) is 3.50. The maximum absolute atomic E-state index is 12.3. The number of carbonyl (C=O) groups excluding carboxylic acids is 1. The van der Waals surface area contributed by atoms with Crippen LogP contribution in [-0.2, 0) is 9.47 Å². The van der Waals surface area contributed by atoms with E-state index in [1.807, 2.05) is 25.7 Å². The molecule has 23 heavy (non-hydrogen) atoms. The van der Waals surface area contributed by atoms with E-state index in [0.29, 0.717) is 18.2 Å². The fourth-order valence-electron chi connectivity index (χ4n) is 3.50. The third kappa shape index (κ3) is 6.30. The molecule has 134 valence electrons. The van der Waals surface area contributed by atoms with Gasteiger partial charge in [0.1, 0.15) is 5.60 Å². The van der Waals surface area contributed by atoms with E-state index in [0.717, 1.165) is 45.4 Å². The van der Waals surface area contributed by atoms with Crippen molar-refractivity contribution in [1.82, 2.24) is 10.2 Å². The van der Waals surface area contributed by atoms with Crippen molar-refractivity contribution in [2.24, 2.45) is 0 Å². The monoisotopic (exact) mass is 326 g/mol. The Hall–Kier alpha value is -0.810. The minimum absolute atomic E-state index is 0.161. The SMILES string of the molecule is CC(CC1CCCN1C(=O)OC(C)(C)C)NCCC1CCCO1. The molecule has 5 nitrogen and oxygen atoms in total. The van der Waals surface area contributed by atoms with Crippen molar-refractivity contribution in [2.45, 2.75) is 90.0 Å². The molecule has 5 heteroatoms. The lowest BCUT2D eigenvalue weighted by atomic mass is 10.1. The van der Waals surface area contributed by atoms with Crippen LogP contribution >= 0.6 is 0 Å². The van der Waals surface area contributed by atoms with Gasteiger partial charge in [0.2, 0.25) is 0 Å². The normalized spacial score (nSPS) is 26.5. The zero-order valence-electron chi connectivity index (χ0n) is 15.3. The van der Waals surface area contributed by atoms with E-state index in [9.17, 15) is 4.79 Å². The largest absolute Gasteiger partial charge is 0.444 e. The molecule has 0 spiro atoms. The van der Waals surface area contributed by atoms with Gasteiger partial charge in [-0.2, -0.15) is 0 Å². The lowest BCUT2D eigenvalue weighted by Crippen LogP contribution is -2.42. The van der Waals surface area contributed by atoms with Crippen molar-refractivity contribution in [2.75, 3.05) is 19.7 Å². The van der Waals surface area contributed by atoms with Crippen LogP contribution in [0.4, 0.5) is 4.79 Å². The summed E-state index contributed by atoms with van der Waals surface area (Å²) in [5, 5.41) is 3.59. The highest BCUT2D eigenvalue weighted by Gasteiger charge is 2.32. The predicted octanol–water partition coefficient (Wildman–Crippen LogP) is 3.32. The van der Waals surface area contributed by atoms with Gasteiger partial charge in [0.25, 0.3) is 0 Å². The van der Waals surface area contributed by atoms with Gasteiger partial charge in [-0.3, -0.25) is 0 Å². The summed E-state index contributed by atoms with van der Waals surface area (Å²) >= 11 is 0. The van der Waals surface area contributed by atoms with Crippen LogP contribution in [0, 0.1) is 0 Å². The van der Waals surface area contributed by atoms with E-state index >= 15 is 0 Å². The number of rotatable bonds is 6. The van der Waals surface area contributed by atoms with Crippen molar-refractivity contribution in [3.05, 3.63) is 0 Å². The average Bonchev–Trinajstić information content (AvgIpc) is 3.07. The molecule has 0 bridgehead atoms. The molecule has 0 aliphatic carbocycles. The van der Waals surface area contributed by atoms with Crippen LogP contribution in [-0.4, -0.2) is 54.5 Å². The van der Waals surface area contributed by atoms with E-state index in [1.54, 1.807) is 0 Å². The van der Waals surface area contributed by atoms with Crippen LogP contribution in [0.25, 0.3) is 0 Å². The number of likely N-dealkylation sites (tertiary alicyclic amines) is 1. The van der Waals surface area contributed by atoms with Gasteiger partial charge in [-0.25, -0.2) is 4.79 Å². The number of carbonyl (C=O) groups is 1. The molecule has 2 heterocycles. The first-order valence-corrected chi connectivity index (χ1v) is 9.20. The van der Waals surface area contributed by atoms with Gasteiger partial charge in [-0.15, -0.1) is 0 Å². The molecule has 0 radical (unpaired) electrons. The fraction of sp³-hybridized carbons (Fsp3) is 0.944. The topological polar surface area (TPSA) is 50.8 Å². The van der Waals surface area contributed by atoms with Gasteiger partial charge in [-0.05, 0) is 72.8 Å². The first kappa shape index (κ1) is 18.5. The van der Waals surface area contributed by atoms with E-state index in [1.165, 1.54) is 12.8 Å². The maximum atomic E-state index is 12.3. The first-order chi connectivity index (χ1) is 10.8. The summed E-state index contributed by atoms with van der Waals surface area (Å²) in [5.74, 6) is 0. The number of hydrogen-bond donors (Lipinski definition) is 1. The van der Waals surface area contributed by atoms with E-state index in [2.05, 4.69) is 12.2 Å². The average molecular weight is 326 g/mol. The van der Waals surface area contributed by atoms with Crippen LogP contribution < -0.4 is 5.32 Å². The third-order valence-corrected chi connectivity index (χ3v) is 4.61. The molecule has 3 atom stereocenters. The second kappa shape index (κ2) is 8.34. The van der Waals surface area contributed by atoms with Crippen LogP contribution in [0.2, 0.25) is 0 Å². The molecule has 0 saturated carbocycles. The van der Waals surface area contributed by atoms with E-state index in [-0.39, 0.29) is 6.09 Å². The van der Waals surface area contributed by atoms with Crippen LogP contribution in [0.15, 0.2) is 0 Å². The van der Waals surface area contributed by atoms with Gasteiger partial charge in [0, 0.05) is 25.2 Å². The second-order valence-corrected chi connectivity index (χ2v) is 7.98. The molecule has 2 aliphatic rings. The highest BCUT2D eigenvalue weighted by molar-refractivity contribution is 5.68. The van der Waals surface area contributed by atoms with Crippen molar-refractivity contribution < 1.29 is 14.3 Å². The minimum atomic E-state index is -0.421. The van der Waals surface area contributed by atoms with Gasteiger partial charge in [0.05, 0.1) is 6.10 Å². The van der Waals surface area contributed by atoms with Gasteiger partial charge < -0.3 is 19.7 Å². The summed E-state index contributed by atoms with van der Waals surface area (Å²) in [6.45, 7) is 10.7. The number of hydrogen-bond acceptors (Lipinski definition) is 4. The number of ether oxygens (including phenoxy) is 2. The molecule has 2 saturated heterocycles. The smallest absolute Gasteiger partial charge is 0.410 e. The first-order valence-electron chi connectivity index (χ1n) is 9.20. The van der Waals surface area contributed by atoms with Gasteiger partial charge in [-0.1, -0.05) is 0 Å². The summed E-state index contributed by atoms with van der Waals surface area (Å²) in [6, 6.07) is 0.708. The lowest BCUT2D eigenvalue weighted by Gasteiger charge is -2.30.